The highest BCUT2D eigenvalue weighted by atomic mass is 15.0. The summed E-state index contributed by atoms with van der Waals surface area (Å²) in [6.45, 7) is 0. The van der Waals surface area contributed by atoms with Crippen molar-refractivity contribution in [3.63, 3.8) is 0 Å². The molecule has 0 radical (unpaired) electrons. The molecule has 48 heavy (non-hydrogen) atoms. The van der Waals surface area contributed by atoms with Crippen LogP contribution in [0.15, 0.2) is 176 Å². The third kappa shape index (κ3) is 4.90. The average molecular weight is 612 g/mol. The van der Waals surface area contributed by atoms with Gasteiger partial charge in [0.1, 0.15) is 0 Å². The minimum absolute atomic E-state index is 0.645. The molecule has 0 amide bonds. The zero-order chi connectivity index (χ0) is 31.9. The molecule has 9 aromatic rings. The third-order valence-corrected chi connectivity index (χ3v) is 9.08. The third-order valence-electron chi connectivity index (χ3n) is 9.08. The second kappa shape index (κ2) is 11.7. The monoisotopic (exact) mass is 611 g/mol. The molecule has 8 aromatic carbocycles. The number of aromatic nitrogens is 3. The molecule has 0 saturated carbocycles. The van der Waals surface area contributed by atoms with E-state index in [4.69, 9.17) is 15.0 Å². The predicted molar refractivity (Wildman–Crippen MR) is 200 cm³/mol. The van der Waals surface area contributed by atoms with Crippen LogP contribution in [0.2, 0.25) is 0 Å². The molecule has 0 saturated heterocycles. The van der Waals surface area contributed by atoms with Crippen LogP contribution in [-0.2, 0) is 0 Å². The van der Waals surface area contributed by atoms with Gasteiger partial charge in [0.2, 0.25) is 0 Å². The molecular formula is C45H29N3. The van der Waals surface area contributed by atoms with Crippen molar-refractivity contribution in [2.24, 2.45) is 0 Å². The van der Waals surface area contributed by atoms with Crippen molar-refractivity contribution >= 4 is 32.3 Å². The number of fused-ring (bicyclic) bond motifs is 5. The van der Waals surface area contributed by atoms with E-state index in [1.807, 2.05) is 60.7 Å². The van der Waals surface area contributed by atoms with E-state index < -0.39 is 0 Å². The Labute approximate surface area is 278 Å². The van der Waals surface area contributed by atoms with Crippen LogP contribution < -0.4 is 0 Å². The van der Waals surface area contributed by atoms with Crippen LogP contribution in [0.3, 0.4) is 0 Å². The SMILES string of the molecule is c1ccc(-c2nc(-c3ccccc3)nc(-c3cccc(-c4cccc5ccc6ccc7cccc(-c8ccccc8)c7c6c45)c3)n2)cc1. The Balaban J connectivity index is 1.28. The smallest absolute Gasteiger partial charge is 0.164 e. The Morgan fingerprint density at radius 3 is 1.15 bits per heavy atom. The van der Waals surface area contributed by atoms with E-state index in [0.717, 1.165) is 22.3 Å². The van der Waals surface area contributed by atoms with Crippen molar-refractivity contribution in [2.45, 2.75) is 0 Å². The molecule has 0 aliphatic heterocycles. The van der Waals surface area contributed by atoms with Crippen LogP contribution in [0.1, 0.15) is 0 Å². The van der Waals surface area contributed by atoms with Gasteiger partial charge in [-0.1, -0.05) is 170 Å². The molecule has 224 valence electrons. The zero-order valence-electron chi connectivity index (χ0n) is 26.1. The minimum Gasteiger partial charge on any atom is -0.208 e. The van der Waals surface area contributed by atoms with Crippen molar-refractivity contribution in [2.75, 3.05) is 0 Å². The lowest BCUT2D eigenvalue weighted by atomic mass is 9.88. The lowest BCUT2D eigenvalue weighted by molar-refractivity contribution is 1.07. The molecular weight excluding hydrogens is 583 g/mol. The summed E-state index contributed by atoms with van der Waals surface area (Å²) in [5.74, 6) is 1.95. The molecule has 3 nitrogen and oxygen atoms in total. The Hall–Kier alpha value is -6.45. The van der Waals surface area contributed by atoms with Gasteiger partial charge in [0, 0.05) is 16.7 Å². The summed E-state index contributed by atoms with van der Waals surface area (Å²) < 4.78 is 0. The van der Waals surface area contributed by atoms with Crippen LogP contribution in [-0.4, -0.2) is 15.0 Å². The first-order chi connectivity index (χ1) is 23.8. The predicted octanol–water partition coefficient (Wildman–Crippen LogP) is 11.7. The van der Waals surface area contributed by atoms with Crippen LogP contribution in [0.4, 0.5) is 0 Å². The van der Waals surface area contributed by atoms with Gasteiger partial charge < -0.3 is 0 Å². The fourth-order valence-corrected chi connectivity index (χ4v) is 6.83. The summed E-state index contributed by atoms with van der Waals surface area (Å²) in [5, 5.41) is 7.44. The highest BCUT2D eigenvalue weighted by Gasteiger charge is 2.16. The zero-order valence-corrected chi connectivity index (χ0v) is 26.1. The van der Waals surface area contributed by atoms with Gasteiger partial charge in [0.15, 0.2) is 17.5 Å². The summed E-state index contributed by atoms with van der Waals surface area (Å²) >= 11 is 0. The molecule has 3 heteroatoms. The van der Waals surface area contributed by atoms with Gasteiger partial charge in [-0.15, -0.1) is 0 Å². The number of hydrogen-bond donors (Lipinski definition) is 0. The minimum atomic E-state index is 0.645. The first kappa shape index (κ1) is 27.8. The fraction of sp³-hybridized carbons (Fsp3) is 0. The quantitative estimate of drug-likeness (QED) is 0.182. The second-order valence-electron chi connectivity index (χ2n) is 12.0. The Kier molecular flexibility index (Phi) is 6.80. The van der Waals surface area contributed by atoms with Crippen LogP contribution >= 0.6 is 0 Å². The molecule has 0 aliphatic carbocycles. The molecule has 9 rings (SSSR count). The lowest BCUT2D eigenvalue weighted by Gasteiger charge is -2.16. The second-order valence-corrected chi connectivity index (χ2v) is 12.0. The molecule has 0 unspecified atom stereocenters. The van der Waals surface area contributed by atoms with Crippen molar-refractivity contribution in [1.29, 1.82) is 0 Å². The Bertz CT molecular complexity index is 2530. The standard InChI is InChI=1S/C45H29N3/c1-4-13-30(14-5-1)38-23-11-19-31-25-27-33-28-26-32-20-12-24-39(41(32)42(33)40(31)38)36-21-10-22-37(29-36)45-47-43(34-15-6-2-7-16-34)46-44(48-45)35-17-8-3-9-18-35/h1-29H. The van der Waals surface area contributed by atoms with Crippen LogP contribution in [0.25, 0.3) is 88.7 Å². The van der Waals surface area contributed by atoms with E-state index in [0.29, 0.717) is 17.5 Å². The molecule has 1 aromatic heterocycles. The number of nitrogens with zero attached hydrogens (tertiary/aromatic N) is 3. The maximum atomic E-state index is 5.01. The van der Waals surface area contributed by atoms with E-state index in [-0.39, 0.29) is 0 Å². The van der Waals surface area contributed by atoms with Gasteiger partial charge in [-0.2, -0.15) is 0 Å². The molecule has 0 aliphatic rings. The highest BCUT2D eigenvalue weighted by molar-refractivity contribution is 6.27. The maximum Gasteiger partial charge on any atom is 0.164 e. The number of rotatable bonds is 5. The van der Waals surface area contributed by atoms with Gasteiger partial charge in [0.05, 0.1) is 0 Å². The average Bonchev–Trinajstić information content (AvgIpc) is 3.18. The van der Waals surface area contributed by atoms with Gasteiger partial charge in [-0.25, -0.2) is 15.0 Å². The van der Waals surface area contributed by atoms with Gasteiger partial charge >= 0.3 is 0 Å². The number of hydrogen-bond acceptors (Lipinski definition) is 3. The van der Waals surface area contributed by atoms with E-state index >= 15 is 0 Å². The van der Waals surface area contributed by atoms with Gasteiger partial charge in [-0.05, 0) is 60.6 Å². The largest absolute Gasteiger partial charge is 0.208 e. The van der Waals surface area contributed by atoms with Crippen molar-refractivity contribution in [3.8, 4) is 56.4 Å². The van der Waals surface area contributed by atoms with Gasteiger partial charge in [-0.3, -0.25) is 0 Å². The van der Waals surface area contributed by atoms with Crippen LogP contribution in [0, 0.1) is 0 Å². The molecule has 0 N–H and O–H groups in total. The van der Waals surface area contributed by atoms with E-state index in [2.05, 4.69) is 115 Å². The van der Waals surface area contributed by atoms with E-state index in [9.17, 15) is 0 Å². The summed E-state index contributed by atoms with van der Waals surface area (Å²) in [5.41, 5.74) is 7.59. The Morgan fingerprint density at radius 2 is 0.625 bits per heavy atom. The Morgan fingerprint density at radius 1 is 0.250 bits per heavy atom. The summed E-state index contributed by atoms with van der Waals surface area (Å²) in [7, 11) is 0. The normalized spacial score (nSPS) is 11.3. The maximum absolute atomic E-state index is 5.01. The molecule has 0 spiro atoms. The lowest BCUT2D eigenvalue weighted by Crippen LogP contribution is -2.00. The van der Waals surface area contributed by atoms with Crippen molar-refractivity contribution in [3.05, 3.63) is 176 Å². The molecule has 0 atom stereocenters. The molecule has 1 heterocycles. The molecule has 0 bridgehead atoms. The van der Waals surface area contributed by atoms with E-state index in [1.165, 1.54) is 49.0 Å². The molecule has 0 fully saturated rings. The topological polar surface area (TPSA) is 38.7 Å². The van der Waals surface area contributed by atoms with Gasteiger partial charge in [0.25, 0.3) is 0 Å². The summed E-state index contributed by atoms with van der Waals surface area (Å²) in [6.07, 6.45) is 0. The highest BCUT2D eigenvalue weighted by Crippen LogP contribution is 2.42. The fourth-order valence-electron chi connectivity index (χ4n) is 6.83. The number of benzene rings is 8. The van der Waals surface area contributed by atoms with E-state index in [1.54, 1.807) is 0 Å². The van der Waals surface area contributed by atoms with Crippen molar-refractivity contribution < 1.29 is 0 Å². The first-order valence-corrected chi connectivity index (χ1v) is 16.2. The first-order valence-electron chi connectivity index (χ1n) is 16.2. The summed E-state index contributed by atoms with van der Waals surface area (Å²) in [6, 6.07) is 61.8. The van der Waals surface area contributed by atoms with Crippen LogP contribution in [0.5, 0.6) is 0 Å². The summed E-state index contributed by atoms with van der Waals surface area (Å²) in [4.78, 5) is 14.9. The van der Waals surface area contributed by atoms with Crippen molar-refractivity contribution in [1.82, 2.24) is 15.0 Å².